The second kappa shape index (κ2) is 6.78. The van der Waals surface area contributed by atoms with E-state index in [1.165, 1.54) is 13.0 Å². The molecular weight excluding hydrogens is 309 g/mol. The predicted molar refractivity (Wildman–Crippen MR) is 88.6 cm³/mol. The van der Waals surface area contributed by atoms with Crippen molar-refractivity contribution >= 4 is 17.4 Å². The summed E-state index contributed by atoms with van der Waals surface area (Å²) in [5.74, 6) is -0.979. The minimum atomic E-state index is -0.535. The minimum Gasteiger partial charge on any atom is -0.380 e. The van der Waals surface area contributed by atoms with E-state index in [0.717, 1.165) is 6.42 Å². The number of pyridine rings is 1. The molecule has 6 heteroatoms. The summed E-state index contributed by atoms with van der Waals surface area (Å²) in [6.45, 7) is 2.43. The highest BCUT2D eigenvalue weighted by Gasteiger charge is 2.28. The van der Waals surface area contributed by atoms with E-state index in [-0.39, 0.29) is 23.3 Å². The van der Waals surface area contributed by atoms with Crippen molar-refractivity contribution in [1.82, 2.24) is 9.88 Å². The van der Waals surface area contributed by atoms with Gasteiger partial charge in [-0.1, -0.05) is 12.1 Å². The molecule has 1 amide bonds. The fraction of sp³-hybridized carbons (Fsp3) is 0.278. The molecule has 3 rings (SSSR count). The number of amides is 1. The van der Waals surface area contributed by atoms with Crippen LogP contribution in [-0.4, -0.2) is 40.7 Å². The van der Waals surface area contributed by atoms with Gasteiger partial charge in [-0.25, -0.2) is 4.39 Å². The summed E-state index contributed by atoms with van der Waals surface area (Å²) in [7, 11) is 0. The topological polar surface area (TPSA) is 62.3 Å². The van der Waals surface area contributed by atoms with Crippen LogP contribution in [0, 0.1) is 5.82 Å². The van der Waals surface area contributed by atoms with Crippen molar-refractivity contribution in [1.29, 1.82) is 0 Å². The van der Waals surface area contributed by atoms with E-state index in [1.807, 2.05) is 0 Å². The first-order valence-electron chi connectivity index (χ1n) is 7.82. The third kappa shape index (κ3) is 3.27. The molecule has 1 unspecified atom stereocenters. The third-order valence-electron chi connectivity index (χ3n) is 4.08. The Morgan fingerprint density at radius 3 is 2.79 bits per heavy atom. The Labute approximate surface area is 139 Å². The number of likely N-dealkylation sites (tertiary alicyclic amines) is 1. The Kier molecular flexibility index (Phi) is 4.55. The molecule has 124 valence electrons. The van der Waals surface area contributed by atoms with Gasteiger partial charge in [-0.15, -0.1) is 0 Å². The Bertz CT molecular complexity index is 764. The van der Waals surface area contributed by atoms with Crippen molar-refractivity contribution in [3.05, 3.63) is 59.7 Å². The molecule has 1 aromatic carbocycles. The van der Waals surface area contributed by atoms with Crippen molar-refractivity contribution in [2.75, 3.05) is 18.4 Å². The molecule has 1 aromatic heterocycles. The van der Waals surface area contributed by atoms with Crippen molar-refractivity contribution in [3.63, 3.8) is 0 Å². The van der Waals surface area contributed by atoms with Crippen LogP contribution in [0.15, 0.2) is 42.6 Å². The van der Waals surface area contributed by atoms with Crippen molar-refractivity contribution in [3.8, 4) is 0 Å². The van der Waals surface area contributed by atoms with E-state index in [0.29, 0.717) is 24.5 Å². The fourth-order valence-electron chi connectivity index (χ4n) is 2.94. The lowest BCUT2D eigenvalue weighted by Gasteiger charge is -2.18. The Morgan fingerprint density at radius 2 is 2.08 bits per heavy atom. The van der Waals surface area contributed by atoms with Crippen LogP contribution in [0.5, 0.6) is 0 Å². The lowest BCUT2D eigenvalue weighted by molar-refractivity contribution is 0.0785. The zero-order valence-electron chi connectivity index (χ0n) is 13.3. The van der Waals surface area contributed by atoms with Crippen LogP contribution in [0.2, 0.25) is 0 Å². The molecule has 1 fully saturated rings. The van der Waals surface area contributed by atoms with Gasteiger partial charge in [0.25, 0.3) is 5.91 Å². The number of halogens is 1. The number of aromatic nitrogens is 1. The van der Waals surface area contributed by atoms with Gasteiger partial charge in [0.05, 0.1) is 5.56 Å². The van der Waals surface area contributed by atoms with E-state index in [9.17, 15) is 14.0 Å². The first-order valence-corrected chi connectivity index (χ1v) is 7.82. The first-order chi connectivity index (χ1) is 11.6. The summed E-state index contributed by atoms with van der Waals surface area (Å²) in [6, 6.07) is 9.71. The van der Waals surface area contributed by atoms with Gasteiger partial charge in [0.1, 0.15) is 11.5 Å². The maximum absolute atomic E-state index is 13.9. The zero-order valence-corrected chi connectivity index (χ0v) is 13.3. The zero-order chi connectivity index (χ0) is 17.1. The molecule has 0 spiro atoms. The van der Waals surface area contributed by atoms with Crippen LogP contribution in [0.25, 0.3) is 0 Å². The standard InChI is InChI=1S/C18H18FN3O2/c1-12(23)17-14(19)5-4-7-15(17)21-13-8-10-22(11-13)18(24)16-6-2-3-9-20-16/h2-7,9,13,21H,8,10-11H2,1H3. The lowest BCUT2D eigenvalue weighted by atomic mass is 10.1. The summed E-state index contributed by atoms with van der Waals surface area (Å²) in [5.41, 5.74) is 0.944. The molecule has 1 aliphatic rings. The molecule has 24 heavy (non-hydrogen) atoms. The highest BCUT2D eigenvalue weighted by Crippen LogP contribution is 2.23. The van der Waals surface area contributed by atoms with Gasteiger partial charge in [0.15, 0.2) is 5.78 Å². The van der Waals surface area contributed by atoms with Crippen LogP contribution in [0.4, 0.5) is 10.1 Å². The molecule has 1 aliphatic heterocycles. The summed E-state index contributed by atoms with van der Waals surface area (Å²) >= 11 is 0. The van der Waals surface area contributed by atoms with Gasteiger partial charge in [0.2, 0.25) is 0 Å². The molecule has 1 atom stereocenters. The smallest absolute Gasteiger partial charge is 0.272 e. The molecule has 1 N–H and O–H groups in total. The van der Waals surface area contributed by atoms with Crippen molar-refractivity contribution < 1.29 is 14.0 Å². The maximum atomic E-state index is 13.9. The highest BCUT2D eigenvalue weighted by molar-refractivity contribution is 5.99. The van der Waals surface area contributed by atoms with Crippen LogP contribution in [0.3, 0.4) is 0 Å². The molecular formula is C18H18FN3O2. The number of anilines is 1. The SMILES string of the molecule is CC(=O)c1c(F)cccc1NC1CCN(C(=O)c2ccccn2)C1. The largest absolute Gasteiger partial charge is 0.380 e. The maximum Gasteiger partial charge on any atom is 0.272 e. The molecule has 2 heterocycles. The number of nitrogens with one attached hydrogen (secondary N) is 1. The van der Waals surface area contributed by atoms with Gasteiger partial charge in [0, 0.05) is 31.0 Å². The Morgan fingerprint density at radius 1 is 1.25 bits per heavy atom. The molecule has 0 bridgehead atoms. The summed E-state index contributed by atoms with van der Waals surface area (Å²) in [5, 5.41) is 3.19. The van der Waals surface area contributed by atoms with Crippen LogP contribution >= 0.6 is 0 Å². The Hall–Kier alpha value is -2.76. The second-order valence-corrected chi connectivity index (χ2v) is 5.81. The monoisotopic (exact) mass is 327 g/mol. The predicted octanol–water partition coefficient (Wildman–Crippen LogP) is 2.75. The van der Waals surface area contributed by atoms with Crippen LogP contribution in [-0.2, 0) is 0 Å². The van der Waals surface area contributed by atoms with E-state index in [1.54, 1.807) is 41.4 Å². The number of rotatable bonds is 4. The number of Topliss-reactive ketones (excluding diaryl/α,β-unsaturated/α-hetero) is 1. The second-order valence-electron chi connectivity index (χ2n) is 5.81. The molecule has 2 aromatic rings. The number of benzene rings is 1. The first kappa shape index (κ1) is 16.1. The van der Waals surface area contributed by atoms with Crippen molar-refractivity contribution in [2.45, 2.75) is 19.4 Å². The molecule has 0 radical (unpaired) electrons. The van der Waals surface area contributed by atoms with E-state index in [2.05, 4.69) is 10.3 Å². The number of carbonyl (C=O) groups excluding carboxylic acids is 2. The summed E-state index contributed by atoms with van der Waals surface area (Å²) in [6.07, 6.45) is 2.32. The molecule has 1 saturated heterocycles. The number of carbonyl (C=O) groups is 2. The van der Waals surface area contributed by atoms with Crippen molar-refractivity contribution in [2.24, 2.45) is 0 Å². The number of hydrogen-bond donors (Lipinski definition) is 1. The van der Waals surface area contributed by atoms with Crippen LogP contribution < -0.4 is 5.32 Å². The average Bonchev–Trinajstić information content (AvgIpc) is 3.03. The van der Waals surface area contributed by atoms with Crippen LogP contribution in [0.1, 0.15) is 34.2 Å². The van der Waals surface area contributed by atoms with E-state index in [4.69, 9.17) is 0 Å². The van der Waals surface area contributed by atoms with E-state index >= 15 is 0 Å². The molecule has 0 aliphatic carbocycles. The van der Waals surface area contributed by atoms with Gasteiger partial charge in [-0.3, -0.25) is 14.6 Å². The van der Waals surface area contributed by atoms with Gasteiger partial charge in [-0.2, -0.15) is 0 Å². The fourth-order valence-corrected chi connectivity index (χ4v) is 2.94. The van der Waals surface area contributed by atoms with Gasteiger partial charge >= 0.3 is 0 Å². The summed E-state index contributed by atoms with van der Waals surface area (Å²) < 4.78 is 13.9. The Balaban J connectivity index is 1.70. The van der Waals surface area contributed by atoms with Gasteiger partial charge < -0.3 is 10.2 Å². The van der Waals surface area contributed by atoms with Gasteiger partial charge in [-0.05, 0) is 37.6 Å². The number of ketones is 1. The highest BCUT2D eigenvalue weighted by atomic mass is 19.1. The number of nitrogens with zero attached hydrogens (tertiary/aromatic N) is 2. The number of hydrogen-bond acceptors (Lipinski definition) is 4. The lowest BCUT2D eigenvalue weighted by Crippen LogP contribution is -2.32. The quantitative estimate of drug-likeness (QED) is 0.877. The third-order valence-corrected chi connectivity index (χ3v) is 4.08. The average molecular weight is 327 g/mol. The summed E-state index contributed by atoms with van der Waals surface area (Å²) in [4.78, 5) is 29.9. The molecule has 5 nitrogen and oxygen atoms in total. The minimum absolute atomic E-state index is 0.0300. The molecule has 0 saturated carbocycles. The van der Waals surface area contributed by atoms with E-state index < -0.39 is 5.82 Å². The normalized spacial score (nSPS) is 16.9.